The minimum absolute atomic E-state index is 0.0202. The van der Waals surface area contributed by atoms with E-state index in [9.17, 15) is 4.79 Å². The van der Waals surface area contributed by atoms with Crippen LogP contribution in [0, 0.1) is 0 Å². The summed E-state index contributed by atoms with van der Waals surface area (Å²) in [5, 5.41) is 7.79. The Labute approximate surface area is 133 Å². The number of amides is 1. The molecule has 22 heavy (non-hydrogen) atoms. The summed E-state index contributed by atoms with van der Waals surface area (Å²) < 4.78 is 5.21. The molecule has 0 bridgehead atoms. The van der Waals surface area contributed by atoms with Crippen LogP contribution in [0.15, 0.2) is 28.8 Å². The molecular weight excluding hydrogens is 304 g/mol. The average molecular weight is 321 g/mol. The summed E-state index contributed by atoms with van der Waals surface area (Å²) in [7, 11) is 0. The quantitative estimate of drug-likeness (QED) is 0.933. The first-order valence-electron chi connectivity index (χ1n) is 7.21. The monoisotopic (exact) mass is 320 g/mol. The molecule has 2 aromatic rings. The van der Waals surface area contributed by atoms with Crippen molar-refractivity contribution >= 4 is 17.5 Å². The maximum Gasteiger partial charge on any atom is 0.257 e. The van der Waals surface area contributed by atoms with Crippen LogP contribution in [0.3, 0.4) is 0 Å². The summed E-state index contributed by atoms with van der Waals surface area (Å²) in [6.07, 6.45) is 0.150. The number of rotatable bonds is 3. The van der Waals surface area contributed by atoms with E-state index in [4.69, 9.17) is 16.1 Å². The van der Waals surface area contributed by atoms with Gasteiger partial charge in [-0.25, -0.2) is 0 Å². The molecule has 7 heteroatoms. The van der Waals surface area contributed by atoms with Crippen molar-refractivity contribution in [2.45, 2.75) is 19.4 Å². The Morgan fingerprint density at radius 3 is 3.18 bits per heavy atom. The van der Waals surface area contributed by atoms with Gasteiger partial charge in [0.05, 0.1) is 6.42 Å². The molecule has 0 unspecified atom stereocenters. The van der Waals surface area contributed by atoms with E-state index < -0.39 is 0 Å². The summed E-state index contributed by atoms with van der Waals surface area (Å²) in [4.78, 5) is 18.4. The van der Waals surface area contributed by atoms with Crippen molar-refractivity contribution in [1.82, 2.24) is 20.4 Å². The molecule has 1 fully saturated rings. The van der Waals surface area contributed by atoms with Crippen LogP contribution in [0.1, 0.15) is 12.7 Å². The van der Waals surface area contributed by atoms with Crippen LogP contribution >= 0.6 is 11.6 Å². The van der Waals surface area contributed by atoms with E-state index in [0.717, 1.165) is 12.1 Å². The number of nitrogens with zero attached hydrogens (tertiary/aromatic N) is 3. The molecule has 6 nitrogen and oxygen atoms in total. The van der Waals surface area contributed by atoms with Gasteiger partial charge < -0.3 is 14.7 Å². The molecule has 1 aromatic carbocycles. The Morgan fingerprint density at radius 1 is 1.55 bits per heavy atom. The lowest BCUT2D eigenvalue weighted by Gasteiger charge is -2.31. The Morgan fingerprint density at radius 2 is 2.41 bits per heavy atom. The molecule has 1 atom stereocenters. The zero-order valence-electron chi connectivity index (χ0n) is 12.3. The van der Waals surface area contributed by atoms with Gasteiger partial charge in [-0.1, -0.05) is 22.8 Å². The van der Waals surface area contributed by atoms with Crippen LogP contribution in [0.5, 0.6) is 0 Å². The van der Waals surface area contributed by atoms with Crippen LogP contribution < -0.4 is 5.32 Å². The lowest BCUT2D eigenvalue weighted by molar-refractivity contribution is -0.131. The maximum absolute atomic E-state index is 12.3. The summed E-state index contributed by atoms with van der Waals surface area (Å²) in [5.74, 6) is 0.789. The van der Waals surface area contributed by atoms with E-state index in [1.807, 2.05) is 17.0 Å². The van der Waals surface area contributed by atoms with Crippen molar-refractivity contribution in [2.75, 3.05) is 19.6 Å². The number of carbonyl (C=O) groups excluding carboxylic acids is 1. The summed E-state index contributed by atoms with van der Waals surface area (Å²) >= 11 is 5.94. The van der Waals surface area contributed by atoms with Gasteiger partial charge in [0, 0.05) is 36.3 Å². The molecule has 3 rings (SSSR count). The van der Waals surface area contributed by atoms with E-state index in [0.29, 0.717) is 35.9 Å². The largest absolute Gasteiger partial charge is 0.339 e. The van der Waals surface area contributed by atoms with E-state index >= 15 is 0 Å². The minimum Gasteiger partial charge on any atom is -0.339 e. The van der Waals surface area contributed by atoms with Crippen LogP contribution in [0.25, 0.3) is 11.5 Å². The zero-order valence-corrected chi connectivity index (χ0v) is 13.0. The third-order valence-corrected chi connectivity index (χ3v) is 3.81. The number of halogens is 1. The van der Waals surface area contributed by atoms with E-state index in [2.05, 4.69) is 22.4 Å². The van der Waals surface area contributed by atoms with E-state index in [1.165, 1.54) is 0 Å². The molecule has 2 heterocycles. The molecule has 1 aliphatic rings. The van der Waals surface area contributed by atoms with Gasteiger partial charge in [0.1, 0.15) is 0 Å². The lowest BCUT2D eigenvalue weighted by atomic mass is 10.2. The van der Waals surface area contributed by atoms with Gasteiger partial charge >= 0.3 is 0 Å². The standard InChI is InChI=1S/C15H17ClN4O2/c1-10-9-20(6-5-17-10)14(21)8-13-18-15(22-19-13)11-3-2-4-12(16)7-11/h2-4,7,10,17H,5-6,8-9H2,1H3/t10-/m0/s1. The molecule has 1 aliphatic heterocycles. The van der Waals surface area contributed by atoms with Crippen molar-refractivity contribution in [1.29, 1.82) is 0 Å². The highest BCUT2D eigenvalue weighted by atomic mass is 35.5. The predicted octanol–water partition coefficient (Wildman–Crippen LogP) is 1.75. The van der Waals surface area contributed by atoms with Crippen molar-refractivity contribution in [3.05, 3.63) is 35.1 Å². The smallest absolute Gasteiger partial charge is 0.257 e. The van der Waals surface area contributed by atoms with Gasteiger partial charge in [-0.05, 0) is 25.1 Å². The normalized spacial score (nSPS) is 18.5. The van der Waals surface area contributed by atoms with Gasteiger partial charge in [0.15, 0.2) is 5.82 Å². The second kappa shape index (κ2) is 6.46. The van der Waals surface area contributed by atoms with Crippen molar-refractivity contribution in [2.24, 2.45) is 0 Å². The van der Waals surface area contributed by atoms with Gasteiger partial charge in [-0.3, -0.25) is 4.79 Å². The topological polar surface area (TPSA) is 71.3 Å². The number of benzene rings is 1. The van der Waals surface area contributed by atoms with Crippen molar-refractivity contribution in [3.63, 3.8) is 0 Å². The highest BCUT2D eigenvalue weighted by molar-refractivity contribution is 6.30. The minimum atomic E-state index is 0.0202. The average Bonchev–Trinajstić information content (AvgIpc) is 2.96. The Hall–Kier alpha value is -1.92. The third kappa shape index (κ3) is 3.45. The number of nitrogens with one attached hydrogen (secondary N) is 1. The van der Waals surface area contributed by atoms with E-state index in [1.54, 1.807) is 12.1 Å². The Kier molecular flexibility index (Phi) is 4.40. The van der Waals surface area contributed by atoms with Gasteiger partial charge in [0.2, 0.25) is 5.91 Å². The van der Waals surface area contributed by atoms with Crippen LogP contribution in [-0.4, -0.2) is 46.6 Å². The fourth-order valence-electron chi connectivity index (χ4n) is 2.47. The highest BCUT2D eigenvalue weighted by Crippen LogP contribution is 2.21. The first-order chi connectivity index (χ1) is 10.6. The Bertz CT molecular complexity index is 673. The lowest BCUT2D eigenvalue weighted by Crippen LogP contribution is -2.51. The molecule has 0 aliphatic carbocycles. The third-order valence-electron chi connectivity index (χ3n) is 3.57. The highest BCUT2D eigenvalue weighted by Gasteiger charge is 2.22. The molecule has 116 valence electrons. The predicted molar refractivity (Wildman–Crippen MR) is 82.5 cm³/mol. The number of carbonyl (C=O) groups is 1. The van der Waals surface area contributed by atoms with E-state index in [-0.39, 0.29) is 12.3 Å². The molecule has 1 aromatic heterocycles. The fourth-order valence-corrected chi connectivity index (χ4v) is 2.66. The maximum atomic E-state index is 12.3. The number of piperazine rings is 1. The first-order valence-corrected chi connectivity index (χ1v) is 7.59. The second-order valence-electron chi connectivity index (χ2n) is 5.40. The molecule has 0 saturated carbocycles. The van der Waals surface area contributed by atoms with Crippen LogP contribution in [-0.2, 0) is 11.2 Å². The van der Waals surface area contributed by atoms with Crippen LogP contribution in [0.2, 0.25) is 5.02 Å². The van der Waals surface area contributed by atoms with Crippen LogP contribution in [0.4, 0.5) is 0 Å². The van der Waals surface area contributed by atoms with Crippen molar-refractivity contribution in [3.8, 4) is 11.5 Å². The molecule has 1 N–H and O–H groups in total. The second-order valence-corrected chi connectivity index (χ2v) is 5.83. The fraction of sp³-hybridized carbons (Fsp3) is 0.400. The summed E-state index contributed by atoms with van der Waals surface area (Å²) in [6.45, 7) is 4.29. The van der Waals surface area contributed by atoms with Gasteiger partial charge in [0.25, 0.3) is 5.89 Å². The molecule has 1 amide bonds. The Balaban J connectivity index is 1.68. The first kappa shape index (κ1) is 15.0. The SMILES string of the molecule is C[C@H]1CN(C(=O)Cc2noc(-c3cccc(Cl)c3)n2)CCN1. The number of hydrogen-bond donors (Lipinski definition) is 1. The summed E-state index contributed by atoms with van der Waals surface area (Å²) in [5.41, 5.74) is 0.745. The zero-order chi connectivity index (χ0) is 15.5. The molecule has 0 radical (unpaired) electrons. The number of hydrogen-bond acceptors (Lipinski definition) is 5. The van der Waals surface area contributed by atoms with Crippen molar-refractivity contribution < 1.29 is 9.32 Å². The molecule has 1 saturated heterocycles. The van der Waals surface area contributed by atoms with Gasteiger partial charge in [-0.15, -0.1) is 0 Å². The molecular formula is C15H17ClN4O2. The molecule has 0 spiro atoms. The summed E-state index contributed by atoms with van der Waals surface area (Å²) in [6, 6.07) is 7.48. The number of aromatic nitrogens is 2. The van der Waals surface area contributed by atoms with Gasteiger partial charge in [-0.2, -0.15) is 4.98 Å².